The third-order valence-electron chi connectivity index (χ3n) is 3.77. The first-order chi connectivity index (χ1) is 8.82. The average molecular weight is 284 g/mol. The largest absolute Gasteiger partial charge is 0.398 e. The van der Waals surface area contributed by atoms with Crippen molar-refractivity contribution < 1.29 is 13.5 Å². The Morgan fingerprint density at radius 3 is 2.68 bits per heavy atom. The van der Waals surface area contributed by atoms with Crippen LogP contribution in [0.2, 0.25) is 0 Å². The van der Waals surface area contributed by atoms with E-state index in [9.17, 15) is 13.5 Å². The molecule has 2 rings (SSSR count). The number of aryl methyl sites for hydroxylation is 1. The van der Waals surface area contributed by atoms with Crippen molar-refractivity contribution in [2.45, 2.75) is 31.3 Å². The molecule has 19 heavy (non-hydrogen) atoms. The normalized spacial score (nSPS) is 25.4. The van der Waals surface area contributed by atoms with Gasteiger partial charge in [0.25, 0.3) is 0 Å². The number of nitrogen functional groups attached to an aromatic ring is 1. The maximum absolute atomic E-state index is 12.5. The molecule has 1 fully saturated rings. The van der Waals surface area contributed by atoms with Crippen molar-refractivity contribution >= 4 is 15.7 Å². The van der Waals surface area contributed by atoms with E-state index >= 15 is 0 Å². The zero-order chi connectivity index (χ0) is 14.2. The Kier molecular flexibility index (Phi) is 3.85. The second kappa shape index (κ2) is 5.11. The topological polar surface area (TPSA) is 83.6 Å². The first kappa shape index (κ1) is 14.3. The van der Waals surface area contributed by atoms with Gasteiger partial charge in [0, 0.05) is 18.8 Å². The van der Waals surface area contributed by atoms with Crippen molar-refractivity contribution in [1.82, 2.24) is 4.31 Å². The molecule has 2 atom stereocenters. The van der Waals surface area contributed by atoms with E-state index in [1.807, 2.05) is 13.8 Å². The number of nitrogens with two attached hydrogens (primary N) is 1. The highest BCUT2D eigenvalue weighted by molar-refractivity contribution is 7.89. The summed E-state index contributed by atoms with van der Waals surface area (Å²) >= 11 is 0. The Morgan fingerprint density at radius 1 is 1.42 bits per heavy atom. The number of β-amino-alcohol motifs (C(OH)–C–C–N with tert-alkyl or cyclic N) is 1. The van der Waals surface area contributed by atoms with Gasteiger partial charge in [0.15, 0.2) is 0 Å². The smallest absolute Gasteiger partial charge is 0.243 e. The van der Waals surface area contributed by atoms with Gasteiger partial charge in [-0.1, -0.05) is 13.0 Å². The van der Waals surface area contributed by atoms with Gasteiger partial charge in [0.05, 0.1) is 11.0 Å². The summed E-state index contributed by atoms with van der Waals surface area (Å²) in [4.78, 5) is 0.192. The van der Waals surface area contributed by atoms with Gasteiger partial charge in [-0.3, -0.25) is 0 Å². The molecular weight excluding hydrogens is 264 g/mol. The minimum atomic E-state index is -3.56. The molecule has 0 amide bonds. The third-order valence-corrected chi connectivity index (χ3v) is 5.63. The highest BCUT2D eigenvalue weighted by Gasteiger charge is 2.32. The second-order valence-corrected chi connectivity index (χ2v) is 7.15. The SMILES string of the molecule is Cc1ccc(S(=O)(=O)N2CCC(C)C(O)C2)cc1N. The van der Waals surface area contributed by atoms with Crippen molar-refractivity contribution in [3.05, 3.63) is 23.8 Å². The highest BCUT2D eigenvalue weighted by Crippen LogP contribution is 2.25. The maximum atomic E-state index is 12.5. The van der Waals surface area contributed by atoms with E-state index in [0.29, 0.717) is 18.7 Å². The van der Waals surface area contributed by atoms with E-state index in [1.54, 1.807) is 12.1 Å². The van der Waals surface area contributed by atoms with E-state index in [2.05, 4.69) is 0 Å². The Labute approximate surface area is 114 Å². The maximum Gasteiger partial charge on any atom is 0.243 e. The fourth-order valence-corrected chi connectivity index (χ4v) is 3.68. The summed E-state index contributed by atoms with van der Waals surface area (Å²) in [6.07, 6.45) is 0.0631. The molecule has 1 aliphatic heterocycles. The fraction of sp³-hybridized carbons (Fsp3) is 0.538. The summed E-state index contributed by atoms with van der Waals surface area (Å²) in [5.74, 6) is 0.134. The monoisotopic (exact) mass is 284 g/mol. The van der Waals surface area contributed by atoms with Crippen LogP contribution in [0.5, 0.6) is 0 Å². The van der Waals surface area contributed by atoms with Crippen LogP contribution < -0.4 is 5.73 Å². The van der Waals surface area contributed by atoms with Gasteiger partial charge >= 0.3 is 0 Å². The lowest BCUT2D eigenvalue weighted by Gasteiger charge is -2.33. The lowest BCUT2D eigenvalue weighted by molar-refractivity contribution is 0.0605. The summed E-state index contributed by atoms with van der Waals surface area (Å²) in [6.45, 7) is 4.35. The lowest BCUT2D eigenvalue weighted by Crippen LogP contribution is -2.45. The van der Waals surface area contributed by atoms with E-state index in [1.165, 1.54) is 10.4 Å². The summed E-state index contributed by atoms with van der Waals surface area (Å²) in [6, 6.07) is 4.74. The molecular formula is C13H20N2O3S. The quantitative estimate of drug-likeness (QED) is 0.793. The first-order valence-electron chi connectivity index (χ1n) is 6.36. The van der Waals surface area contributed by atoms with Crippen LogP contribution in [-0.2, 0) is 10.0 Å². The Hall–Kier alpha value is -1.11. The zero-order valence-corrected chi connectivity index (χ0v) is 12.0. The van der Waals surface area contributed by atoms with Crippen molar-refractivity contribution in [3.63, 3.8) is 0 Å². The van der Waals surface area contributed by atoms with Gasteiger partial charge in [-0.25, -0.2) is 8.42 Å². The molecule has 1 aromatic rings. The van der Waals surface area contributed by atoms with E-state index in [0.717, 1.165) is 5.56 Å². The Bertz CT molecular complexity index is 571. The molecule has 106 valence electrons. The number of sulfonamides is 1. The van der Waals surface area contributed by atoms with Crippen LogP contribution in [0.25, 0.3) is 0 Å². The molecule has 6 heteroatoms. The van der Waals surface area contributed by atoms with Crippen molar-refractivity contribution in [2.24, 2.45) is 5.92 Å². The standard InChI is InChI=1S/C13H20N2O3S/c1-9-3-4-11(7-12(9)14)19(17,18)15-6-5-10(2)13(16)8-15/h3-4,7,10,13,16H,5-6,8,14H2,1-2H3. The predicted octanol–water partition coefficient (Wildman–Crippen LogP) is 0.969. The molecule has 1 aromatic carbocycles. The minimum Gasteiger partial charge on any atom is -0.398 e. The molecule has 3 N–H and O–H groups in total. The number of aliphatic hydroxyl groups is 1. The molecule has 5 nitrogen and oxygen atoms in total. The van der Waals surface area contributed by atoms with E-state index in [-0.39, 0.29) is 17.4 Å². The van der Waals surface area contributed by atoms with Crippen LogP contribution in [-0.4, -0.2) is 37.0 Å². The van der Waals surface area contributed by atoms with E-state index < -0.39 is 16.1 Å². The minimum absolute atomic E-state index is 0.134. The molecule has 0 aliphatic carbocycles. The van der Waals surface area contributed by atoms with Crippen LogP contribution >= 0.6 is 0 Å². The summed E-state index contributed by atoms with van der Waals surface area (Å²) in [7, 11) is -3.56. The van der Waals surface area contributed by atoms with Gasteiger partial charge in [-0.15, -0.1) is 0 Å². The van der Waals surface area contributed by atoms with Crippen LogP contribution in [0.1, 0.15) is 18.9 Å². The third kappa shape index (κ3) is 2.75. The first-order valence-corrected chi connectivity index (χ1v) is 7.80. The molecule has 1 heterocycles. The molecule has 0 bridgehead atoms. The lowest BCUT2D eigenvalue weighted by atomic mass is 9.98. The number of rotatable bonds is 2. The number of hydrogen-bond donors (Lipinski definition) is 2. The Morgan fingerprint density at radius 2 is 2.11 bits per heavy atom. The van der Waals surface area contributed by atoms with Crippen LogP contribution in [0.4, 0.5) is 5.69 Å². The number of benzene rings is 1. The molecule has 2 unspecified atom stereocenters. The van der Waals surface area contributed by atoms with Gasteiger partial charge in [-0.2, -0.15) is 4.31 Å². The van der Waals surface area contributed by atoms with Gasteiger partial charge in [-0.05, 0) is 37.0 Å². The predicted molar refractivity (Wildman–Crippen MR) is 74.1 cm³/mol. The van der Waals surface area contributed by atoms with Crippen LogP contribution in [0.15, 0.2) is 23.1 Å². The van der Waals surface area contributed by atoms with Gasteiger partial charge < -0.3 is 10.8 Å². The molecule has 0 spiro atoms. The van der Waals surface area contributed by atoms with Gasteiger partial charge in [0.2, 0.25) is 10.0 Å². The van der Waals surface area contributed by atoms with Crippen molar-refractivity contribution in [1.29, 1.82) is 0 Å². The Balaban J connectivity index is 2.29. The van der Waals surface area contributed by atoms with Crippen LogP contribution in [0, 0.1) is 12.8 Å². The molecule has 0 aromatic heterocycles. The summed E-state index contributed by atoms with van der Waals surface area (Å²) < 4.78 is 26.3. The van der Waals surface area contributed by atoms with Crippen LogP contribution in [0.3, 0.4) is 0 Å². The fourth-order valence-electron chi connectivity index (χ4n) is 2.17. The summed E-state index contributed by atoms with van der Waals surface area (Å²) in [5, 5.41) is 9.83. The molecule has 1 aliphatic rings. The van der Waals surface area contributed by atoms with Crippen molar-refractivity contribution in [3.8, 4) is 0 Å². The molecule has 1 saturated heterocycles. The second-order valence-electron chi connectivity index (χ2n) is 5.21. The van der Waals surface area contributed by atoms with Gasteiger partial charge in [0.1, 0.15) is 0 Å². The number of anilines is 1. The highest BCUT2D eigenvalue weighted by atomic mass is 32.2. The average Bonchev–Trinajstić information content (AvgIpc) is 2.35. The number of piperidine rings is 1. The number of aliphatic hydroxyl groups excluding tert-OH is 1. The summed E-state index contributed by atoms with van der Waals surface area (Å²) in [5.41, 5.74) is 7.08. The van der Waals surface area contributed by atoms with Crippen molar-refractivity contribution in [2.75, 3.05) is 18.8 Å². The number of hydrogen-bond acceptors (Lipinski definition) is 4. The zero-order valence-electron chi connectivity index (χ0n) is 11.2. The van der Waals surface area contributed by atoms with E-state index in [4.69, 9.17) is 5.73 Å². The molecule has 0 saturated carbocycles. The molecule has 0 radical (unpaired) electrons. The number of nitrogens with zero attached hydrogens (tertiary/aromatic N) is 1.